The van der Waals surface area contributed by atoms with Crippen LogP contribution in [0, 0.1) is 0 Å². The molecular formula is C26H31N3O3. The van der Waals surface area contributed by atoms with E-state index in [1.165, 1.54) is 6.92 Å². The number of aliphatic imine (C=N–C) groups is 1. The molecule has 0 spiro atoms. The van der Waals surface area contributed by atoms with Gasteiger partial charge in [0.15, 0.2) is 5.78 Å². The number of ketones is 2. The highest BCUT2D eigenvalue weighted by atomic mass is 16.2. The third-order valence-electron chi connectivity index (χ3n) is 5.74. The lowest BCUT2D eigenvalue weighted by molar-refractivity contribution is -0.119. The average molecular weight is 434 g/mol. The van der Waals surface area contributed by atoms with Crippen molar-refractivity contribution in [2.24, 2.45) is 4.99 Å². The Labute approximate surface area is 189 Å². The van der Waals surface area contributed by atoms with Gasteiger partial charge in [-0.3, -0.25) is 19.4 Å². The number of unbranched alkanes of at least 4 members (excludes halogenated alkanes) is 2. The summed E-state index contributed by atoms with van der Waals surface area (Å²) in [5, 5.41) is 3.00. The van der Waals surface area contributed by atoms with Crippen LogP contribution in [0.1, 0.15) is 62.7 Å². The summed E-state index contributed by atoms with van der Waals surface area (Å²) >= 11 is 0. The van der Waals surface area contributed by atoms with Crippen molar-refractivity contribution in [1.29, 1.82) is 0 Å². The van der Waals surface area contributed by atoms with E-state index in [9.17, 15) is 14.4 Å². The molecule has 32 heavy (non-hydrogen) atoms. The van der Waals surface area contributed by atoms with Crippen LogP contribution in [-0.2, 0) is 9.59 Å². The number of carbonyl (C=O) groups is 3. The number of Topliss-reactive ketones (excluding diaryl/α,β-unsaturated/α-hetero) is 2. The molecule has 0 saturated carbocycles. The van der Waals surface area contributed by atoms with Crippen molar-refractivity contribution in [3.63, 3.8) is 0 Å². The van der Waals surface area contributed by atoms with Crippen molar-refractivity contribution >= 4 is 40.8 Å². The molecule has 1 atom stereocenters. The molecule has 0 fully saturated rings. The highest BCUT2D eigenvalue weighted by molar-refractivity contribution is 6.00. The maximum absolute atomic E-state index is 13.4. The quantitative estimate of drug-likeness (QED) is 0.383. The van der Waals surface area contributed by atoms with E-state index in [4.69, 9.17) is 0 Å². The van der Waals surface area contributed by atoms with Gasteiger partial charge in [-0.2, -0.15) is 0 Å². The molecule has 1 N–H and O–H groups in total. The van der Waals surface area contributed by atoms with Gasteiger partial charge in [-0.15, -0.1) is 0 Å². The largest absolute Gasteiger partial charge is 0.352 e. The minimum absolute atomic E-state index is 0.0413. The number of para-hydroxylation sites is 2. The lowest BCUT2D eigenvalue weighted by atomic mass is 10.0. The zero-order chi connectivity index (χ0) is 22.9. The first-order valence-electron chi connectivity index (χ1n) is 11.3. The number of fused-ring (bicyclic) bond motifs is 1. The van der Waals surface area contributed by atoms with Gasteiger partial charge in [0.2, 0.25) is 5.91 Å². The second kappa shape index (κ2) is 11.4. The van der Waals surface area contributed by atoms with Crippen molar-refractivity contribution in [2.75, 3.05) is 16.8 Å². The van der Waals surface area contributed by atoms with Crippen molar-refractivity contribution < 1.29 is 14.4 Å². The summed E-state index contributed by atoms with van der Waals surface area (Å²) in [4.78, 5) is 43.2. The highest BCUT2D eigenvalue weighted by Crippen LogP contribution is 2.33. The summed E-state index contributed by atoms with van der Waals surface area (Å²) in [5.41, 5.74) is 2.97. The topological polar surface area (TPSA) is 78.8 Å². The number of benzene rings is 2. The van der Waals surface area contributed by atoms with E-state index < -0.39 is 0 Å². The summed E-state index contributed by atoms with van der Waals surface area (Å²) in [6.45, 7) is 3.95. The fourth-order valence-electron chi connectivity index (χ4n) is 3.92. The van der Waals surface area contributed by atoms with E-state index in [0.717, 1.165) is 30.6 Å². The maximum atomic E-state index is 13.4. The van der Waals surface area contributed by atoms with E-state index in [1.807, 2.05) is 37.4 Å². The summed E-state index contributed by atoms with van der Waals surface area (Å²) in [5.74, 6) is 0.131. The molecular weight excluding hydrogens is 402 g/mol. The van der Waals surface area contributed by atoms with Gasteiger partial charge in [-0.05, 0) is 44.0 Å². The van der Waals surface area contributed by atoms with Crippen LogP contribution in [0.15, 0.2) is 53.5 Å². The number of rotatable bonds is 11. The van der Waals surface area contributed by atoms with E-state index in [1.54, 1.807) is 24.3 Å². The van der Waals surface area contributed by atoms with Crippen LogP contribution in [0.25, 0.3) is 0 Å². The second-order valence-corrected chi connectivity index (χ2v) is 8.09. The third-order valence-corrected chi connectivity index (χ3v) is 5.74. The van der Waals surface area contributed by atoms with Gasteiger partial charge in [-0.25, -0.2) is 0 Å². The zero-order valence-electron chi connectivity index (χ0n) is 18.8. The number of hydrogen-bond acceptors (Lipinski definition) is 5. The standard InChI is InChI=1S/C26H31N3O3/c1-3-22(31)12-5-4-6-15-25(29-17-16-27-23-13-7-8-14-24(23)29)26(32)28-21-11-9-10-20(18-21)19(2)30/h7-11,13-14,16,18,25H,3-6,12,15,17H2,1-2H3,(H,28,32). The summed E-state index contributed by atoms with van der Waals surface area (Å²) in [6, 6.07) is 14.5. The Balaban J connectivity index is 1.75. The van der Waals surface area contributed by atoms with Crippen molar-refractivity contribution in [3.8, 4) is 0 Å². The Kier molecular flexibility index (Phi) is 8.31. The first-order chi connectivity index (χ1) is 15.5. The van der Waals surface area contributed by atoms with Gasteiger partial charge in [0.25, 0.3) is 0 Å². The van der Waals surface area contributed by atoms with Gasteiger partial charge >= 0.3 is 0 Å². The number of carbonyl (C=O) groups excluding carboxylic acids is 3. The predicted octanol–water partition coefficient (Wildman–Crippen LogP) is 5.35. The normalized spacial score (nSPS) is 13.4. The Morgan fingerprint density at radius 2 is 1.88 bits per heavy atom. The smallest absolute Gasteiger partial charge is 0.247 e. The monoisotopic (exact) mass is 433 g/mol. The fraction of sp³-hybridized carbons (Fsp3) is 0.385. The van der Waals surface area contributed by atoms with E-state index in [0.29, 0.717) is 37.1 Å². The van der Waals surface area contributed by atoms with Crippen LogP contribution in [0.5, 0.6) is 0 Å². The number of anilines is 2. The Hall–Kier alpha value is -3.28. The molecule has 0 aliphatic carbocycles. The molecule has 1 aliphatic heterocycles. The minimum atomic E-state index is -0.384. The van der Waals surface area contributed by atoms with Gasteiger partial charge in [0, 0.05) is 30.3 Å². The molecule has 1 heterocycles. The molecule has 1 unspecified atom stereocenters. The Morgan fingerprint density at radius 1 is 1.06 bits per heavy atom. The molecule has 0 radical (unpaired) electrons. The molecule has 0 saturated heterocycles. The maximum Gasteiger partial charge on any atom is 0.247 e. The number of hydrogen-bond donors (Lipinski definition) is 1. The number of amides is 1. The molecule has 1 amide bonds. The van der Waals surface area contributed by atoms with Gasteiger partial charge in [-0.1, -0.05) is 44.0 Å². The van der Waals surface area contributed by atoms with Crippen molar-refractivity contribution in [1.82, 2.24) is 0 Å². The van der Waals surface area contributed by atoms with Crippen LogP contribution >= 0.6 is 0 Å². The van der Waals surface area contributed by atoms with Gasteiger partial charge in [0.1, 0.15) is 11.8 Å². The fourth-order valence-corrected chi connectivity index (χ4v) is 3.92. The third kappa shape index (κ3) is 6.13. The SMILES string of the molecule is CCC(=O)CCCCCC(C(=O)Nc1cccc(C(C)=O)c1)N1CC=Nc2ccccc21. The zero-order valence-corrected chi connectivity index (χ0v) is 18.8. The Bertz CT molecular complexity index is 999. The van der Waals surface area contributed by atoms with Gasteiger partial charge in [0.05, 0.1) is 17.9 Å². The molecule has 6 nitrogen and oxygen atoms in total. The van der Waals surface area contributed by atoms with Crippen LogP contribution in [0.4, 0.5) is 17.1 Å². The first kappa shape index (κ1) is 23.4. The van der Waals surface area contributed by atoms with E-state index in [2.05, 4.69) is 15.2 Å². The second-order valence-electron chi connectivity index (χ2n) is 8.09. The predicted molar refractivity (Wildman–Crippen MR) is 129 cm³/mol. The molecule has 6 heteroatoms. The summed E-state index contributed by atoms with van der Waals surface area (Å²) in [7, 11) is 0. The average Bonchev–Trinajstić information content (AvgIpc) is 2.81. The molecule has 3 rings (SSSR count). The van der Waals surface area contributed by atoms with E-state index in [-0.39, 0.29) is 23.5 Å². The molecule has 168 valence electrons. The van der Waals surface area contributed by atoms with Crippen LogP contribution in [0.3, 0.4) is 0 Å². The number of nitrogens with zero attached hydrogens (tertiary/aromatic N) is 2. The van der Waals surface area contributed by atoms with Crippen LogP contribution in [-0.4, -0.2) is 36.3 Å². The van der Waals surface area contributed by atoms with Crippen LogP contribution in [0.2, 0.25) is 0 Å². The van der Waals surface area contributed by atoms with Crippen molar-refractivity contribution in [3.05, 3.63) is 54.1 Å². The summed E-state index contributed by atoms with van der Waals surface area (Å²) in [6.07, 6.45) is 6.27. The van der Waals surface area contributed by atoms with E-state index >= 15 is 0 Å². The molecule has 0 aromatic heterocycles. The van der Waals surface area contributed by atoms with Crippen molar-refractivity contribution in [2.45, 2.75) is 58.4 Å². The molecule has 2 aromatic carbocycles. The highest BCUT2D eigenvalue weighted by Gasteiger charge is 2.28. The van der Waals surface area contributed by atoms with Gasteiger partial charge < -0.3 is 10.2 Å². The molecule has 1 aliphatic rings. The minimum Gasteiger partial charge on any atom is -0.352 e. The lowest BCUT2D eigenvalue weighted by Gasteiger charge is -2.34. The Morgan fingerprint density at radius 3 is 2.66 bits per heavy atom. The molecule has 0 bridgehead atoms. The lowest BCUT2D eigenvalue weighted by Crippen LogP contribution is -2.46. The first-order valence-corrected chi connectivity index (χ1v) is 11.3. The van der Waals surface area contributed by atoms with Crippen LogP contribution < -0.4 is 10.2 Å². The number of nitrogens with one attached hydrogen (secondary N) is 1. The summed E-state index contributed by atoms with van der Waals surface area (Å²) < 4.78 is 0. The molecule has 2 aromatic rings.